The van der Waals surface area contributed by atoms with Gasteiger partial charge in [-0.15, -0.1) is 5.10 Å². The van der Waals surface area contributed by atoms with Crippen LogP contribution < -0.4 is 15.8 Å². The largest absolute Gasteiger partial charge is 0.367 e. The summed E-state index contributed by atoms with van der Waals surface area (Å²) in [5.41, 5.74) is 2.47. The second-order valence-corrected chi connectivity index (χ2v) is 9.16. The summed E-state index contributed by atoms with van der Waals surface area (Å²) >= 11 is 0. The Morgan fingerprint density at radius 1 is 0.919 bits per heavy atom. The summed E-state index contributed by atoms with van der Waals surface area (Å²) in [6.07, 6.45) is 0.840. The van der Waals surface area contributed by atoms with E-state index in [1.54, 1.807) is 36.4 Å². The summed E-state index contributed by atoms with van der Waals surface area (Å²) in [6.45, 7) is 5.06. The molecule has 1 amide bonds. The Morgan fingerprint density at radius 2 is 1.65 bits per heavy atom. The number of carbonyl (C=O) groups is 1. The third-order valence-electron chi connectivity index (χ3n) is 6.68. The molecule has 2 heterocycles. The molecular formula is C28H29FN6O2. The molecule has 0 unspecified atom stereocenters. The maximum absolute atomic E-state index is 14.0. The molecule has 4 aromatic rings. The van der Waals surface area contributed by atoms with Crippen molar-refractivity contribution in [2.45, 2.75) is 13.0 Å². The Morgan fingerprint density at radius 3 is 2.43 bits per heavy atom. The van der Waals surface area contributed by atoms with E-state index in [1.165, 1.54) is 10.7 Å². The van der Waals surface area contributed by atoms with E-state index in [0.29, 0.717) is 28.7 Å². The van der Waals surface area contributed by atoms with Crippen molar-refractivity contribution in [2.24, 2.45) is 0 Å². The Balaban J connectivity index is 1.06. The van der Waals surface area contributed by atoms with Crippen molar-refractivity contribution in [3.63, 3.8) is 0 Å². The van der Waals surface area contributed by atoms with Gasteiger partial charge in [-0.25, -0.2) is 9.07 Å². The van der Waals surface area contributed by atoms with Gasteiger partial charge in [-0.1, -0.05) is 41.6 Å². The van der Waals surface area contributed by atoms with E-state index in [1.807, 2.05) is 30.3 Å². The van der Waals surface area contributed by atoms with E-state index in [2.05, 4.69) is 25.4 Å². The molecule has 1 aliphatic rings. The third-order valence-corrected chi connectivity index (χ3v) is 6.68. The lowest BCUT2D eigenvalue weighted by Gasteiger charge is -2.36. The molecule has 1 fully saturated rings. The number of fused-ring (bicyclic) bond motifs is 1. The molecule has 0 saturated carbocycles. The van der Waals surface area contributed by atoms with Gasteiger partial charge in [0.2, 0.25) is 0 Å². The number of carbonyl (C=O) groups excluding carboxylic acids is 1. The quantitative estimate of drug-likeness (QED) is 0.375. The van der Waals surface area contributed by atoms with E-state index >= 15 is 0 Å². The molecule has 8 nitrogen and oxygen atoms in total. The zero-order chi connectivity index (χ0) is 25.6. The monoisotopic (exact) mass is 500 g/mol. The molecule has 1 aromatic heterocycles. The number of aromatic nitrogens is 3. The highest BCUT2D eigenvalue weighted by atomic mass is 19.1. The van der Waals surface area contributed by atoms with Gasteiger partial charge in [0.15, 0.2) is 0 Å². The second-order valence-electron chi connectivity index (χ2n) is 9.16. The van der Waals surface area contributed by atoms with Crippen LogP contribution in [0.25, 0.3) is 10.9 Å². The Kier molecular flexibility index (Phi) is 7.51. The minimum atomic E-state index is -0.193. The zero-order valence-corrected chi connectivity index (χ0v) is 20.5. The molecule has 9 heteroatoms. The average Bonchev–Trinajstić information content (AvgIpc) is 2.94. The fraction of sp³-hybridized carbons (Fsp3) is 0.286. The first-order valence-corrected chi connectivity index (χ1v) is 12.5. The van der Waals surface area contributed by atoms with E-state index in [9.17, 15) is 14.0 Å². The van der Waals surface area contributed by atoms with Gasteiger partial charge in [0.05, 0.1) is 17.6 Å². The number of nitrogens with zero attached hydrogens (tertiary/aromatic N) is 5. The van der Waals surface area contributed by atoms with Crippen LogP contribution in [0.2, 0.25) is 0 Å². The van der Waals surface area contributed by atoms with Crippen LogP contribution in [0.4, 0.5) is 10.1 Å². The number of hydrogen-bond acceptors (Lipinski definition) is 6. The number of hydrogen-bond donors (Lipinski definition) is 1. The van der Waals surface area contributed by atoms with E-state index in [-0.39, 0.29) is 23.8 Å². The minimum Gasteiger partial charge on any atom is -0.367 e. The summed E-state index contributed by atoms with van der Waals surface area (Å²) in [7, 11) is 0. The van der Waals surface area contributed by atoms with Crippen LogP contribution >= 0.6 is 0 Å². The van der Waals surface area contributed by atoms with E-state index in [4.69, 9.17) is 0 Å². The highest BCUT2D eigenvalue weighted by Crippen LogP contribution is 2.20. The van der Waals surface area contributed by atoms with Gasteiger partial charge in [0, 0.05) is 38.3 Å². The smallest absolute Gasteiger partial charge is 0.277 e. The predicted molar refractivity (Wildman–Crippen MR) is 141 cm³/mol. The molecule has 0 bridgehead atoms. The summed E-state index contributed by atoms with van der Waals surface area (Å²) in [5.74, 6) is -0.304. The lowest BCUT2D eigenvalue weighted by Crippen LogP contribution is -2.47. The number of piperazine rings is 1. The lowest BCUT2D eigenvalue weighted by atomic mass is 10.1. The fourth-order valence-corrected chi connectivity index (χ4v) is 4.59. The highest BCUT2D eigenvalue weighted by Gasteiger charge is 2.19. The maximum Gasteiger partial charge on any atom is 0.277 e. The normalized spacial score (nSPS) is 14.1. The third kappa shape index (κ3) is 5.83. The van der Waals surface area contributed by atoms with Crippen LogP contribution in [-0.2, 0) is 6.54 Å². The zero-order valence-electron chi connectivity index (χ0n) is 20.5. The SMILES string of the molecule is O=C(NCCCN1CCN(c2ccccc2F)CC1)c1ccc(Cn2nnc3ccccc3c2=O)cc1. The number of para-hydroxylation sites is 1. The van der Waals surface area contributed by atoms with Crippen molar-refractivity contribution in [3.8, 4) is 0 Å². The number of nitrogens with one attached hydrogen (secondary N) is 1. The van der Waals surface area contributed by atoms with Crippen molar-refractivity contribution < 1.29 is 9.18 Å². The fourth-order valence-electron chi connectivity index (χ4n) is 4.59. The Bertz CT molecular complexity index is 1430. The van der Waals surface area contributed by atoms with Gasteiger partial charge in [-0.2, -0.15) is 0 Å². The van der Waals surface area contributed by atoms with E-state index < -0.39 is 0 Å². The van der Waals surface area contributed by atoms with Crippen molar-refractivity contribution in [2.75, 3.05) is 44.2 Å². The summed E-state index contributed by atoms with van der Waals surface area (Å²) < 4.78 is 15.3. The molecule has 0 atom stereocenters. The van der Waals surface area contributed by atoms with Crippen molar-refractivity contribution in [3.05, 3.63) is 100 Å². The van der Waals surface area contributed by atoms with Crippen molar-refractivity contribution in [1.82, 2.24) is 25.2 Å². The molecule has 5 rings (SSSR count). The standard InChI is InChI=1S/C28H29FN6O2/c29-24-7-2-4-9-26(24)34-18-16-33(17-19-34)15-5-14-30-27(36)22-12-10-21(11-13-22)20-35-28(37)23-6-1-3-8-25(23)31-32-35/h1-4,6-13H,5,14-20H2,(H,30,36). The first-order valence-electron chi connectivity index (χ1n) is 12.5. The van der Waals surface area contributed by atoms with Gasteiger partial charge >= 0.3 is 0 Å². The predicted octanol–water partition coefficient (Wildman–Crippen LogP) is 2.92. The van der Waals surface area contributed by atoms with Crippen molar-refractivity contribution >= 4 is 22.5 Å². The first-order chi connectivity index (χ1) is 18.1. The minimum absolute atomic E-state index is 0.126. The second kappa shape index (κ2) is 11.3. The summed E-state index contributed by atoms with van der Waals surface area (Å²) in [6, 6.07) is 21.2. The topological polar surface area (TPSA) is 83.4 Å². The van der Waals surface area contributed by atoms with Gasteiger partial charge in [-0.3, -0.25) is 14.5 Å². The van der Waals surface area contributed by atoms with Gasteiger partial charge in [0.25, 0.3) is 11.5 Å². The molecule has 37 heavy (non-hydrogen) atoms. The number of amides is 1. The summed E-state index contributed by atoms with van der Waals surface area (Å²) in [4.78, 5) is 29.6. The molecule has 1 aliphatic heterocycles. The van der Waals surface area contributed by atoms with Gasteiger partial charge < -0.3 is 10.2 Å². The van der Waals surface area contributed by atoms with Crippen LogP contribution in [0, 0.1) is 5.82 Å². The van der Waals surface area contributed by atoms with Gasteiger partial charge in [-0.05, 0) is 54.9 Å². The number of halogens is 1. The molecule has 0 radical (unpaired) electrons. The number of anilines is 1. The van der Waals surface area contributed by atoms with Crippen LogP contribution in [-0.4, -0.2) is 65.1 Å². The first kappa shape index (κ1) is 24.6. The van der Waals surface area contributed by atoms with Crippen molar-refractivity contribution in [1.29, 1.82) is 0 Å². The number of rotatable bonds is 8. The summed E-state index contributed by atoms with van der Waals surface area (Å²) in [5, 5.41) is 11.6. The van der Waals surface area contributed by atoms with E-state index in [0.717, 1.165) is 44.7 Å². The molecule has 190 valence electrons. The molecule has 3 aromatic carbocycles. The van der Waals surface area contributed by atoms with Gasteiger partial charge in [0.1, 0.15) is 11.3 Å². The van der Waals surface area contributed by atoms with Crippen LogP contribution in [0.5, 0.6) is 0 Å². The molecule has 1 saturated heterocycles. The molecular weight excluding hydrogens is 471 g/mol. The van der Waals surface area contributed by atoms with Crippen LogP contribution in [0.15, 0.2) is 77.6 Å². The van der Waals surface area contributed by atoms with Crippen LogP contribution in [0.3, 0.4) is 0 Å². The van der Waals surface area contributed by atoms with Crippen LogP contribution in [0.1, 0.15) is 22.3 Å². The average molecular weight is 501 g/mol. The lowest BCUT2D eigenvalue weighted by molar-refractivity contribution is 0.0951. The number of benzene rings is 3. The molecule has 1 N–H and O–H groups in total. The molecule has 0 aliphatic carbocycles. The highest BCUT2D eigenvalue weighted by molar-refractivity contribution is 5.94. The maximum atomic E-state index is 14.0. The molecule has 0 spiro atoms. The Hall–Kier alpha value is -4.11. The Labute approximate surface area is 214 Å².